The highest BCUT2D eigenvalue weighted by molar-refractivity contribution is 6.41. The number of benzene rings is 1. The van der Waals surface area contributed by atoms with Gasteiger partial charge in [0.1, 0.15) is 27.4 Å². The van der Waals surface area contributed by atoms with E-state index in [0.29, 0.717) is 6.42 Å². The van der Waals surface area contributed by atoms with Crippen LogP contribution in [0.15, 0.2) is 52.4 Å². The number of carbonyl (C=O) groups excluding carboxylic acids is 2. The summed E-state index contributed by atoms with van der Waals surface area (Å²) < 4.78 is 10.6. The summed E-state index contributed by atoms with van der Waals surface area (Å²) in [4.78, 5) is 41.4. The lowest BCUT2D eigenvalue weighted by atomic mass is 10.1. The first-order valence-corrected chi connectivity index (χ1v) is 16.1. The zero-order valence-electron chi connectivity index (χ0n) is 27.3. The molecule has 0 radical (unpaired) electrons. The van der Waals surface area contributed by atoms with E-state index in [1.165, 1.54) is 37.0 Å². The Bertz CT molecular complexity index is 1340. The van der Waals surface area contributed by atoms with E-state index in [0.717, 1.165) is 64.0 Å². The number of rotatable bonds is 12. The maximum atomic E-state index is 13.5. The Morgan fingerprint density at radius 1 is 1.17 bits per heavy atom. The van der Waals surface area contributed by atoms with Gasteiger partial charge in [-0.05, 0) is 50.5 Å². The molecule has 1 heterocycles. The van der Waals surface area contributed by atoms with E-state index in [4.69, 9.17) is 43.4 Å². The van der Waals surface area contributed by atoms with Crippen molar-refractivity contribution in [3.05, 3.63) is 52.4 Å². The second-order valence-corrected chi connectivity index (χ2v) is 11.6. The molecule has 3 amide bonds. The van der Waals surface area contributed by atoms with Gasteiger partial charge in [0.2, 0.25) is 5.91 Å². The van der Waals surface area contributed by atoms with Gasteiger partial charge in [-0.3, -0.25) is 14.7 Å². The van der Waals surface area contributed by atoms with Crippen molar-refractivity contribution < 1.29 is 19.1 Å². The van der Waals surface area contributed by atoms with E-state index < -0.39 is 12.1 Å². The predicted molar refractivity (Wildman–Crippen MR) is 186 cm³/mol. The molecule has 2 aliphatic rings. The average Bonchev–Trinajstić information content (AvgIpc) is 3.27. The fourth-order valence-corrected chi connectivity index (χ4v) is 5.90. The lowest BCUT2D eigenvalue weighted by Gasteiger charge is -2.36. The van der Waals surface area contributed by atoms with Gasteiger partial charge >= 0.3 is 6.03 Å². The molecule has 0 bridgehead atoms. The van der Waals surface area contributed by atoms with Gasteiger partial charge in [0.25, 0.3) is 0 Å². The number of anilines is 1. The van der Waals surface area contributed by atoms with Crippen molar-refractivity contribution in [3.63, 3.8) is 0 Å². The molecule has 3 rings (SSSR count). The Morgan fingerprint density at radius 2 is 1.83 bits per heavy atom. The fourth-order valence-electron chi connectivity index (χ4n) is 5.30. The van der Waals surface area contributed by atoms with Crippen molar-refractivity contribution >= 4 is 52.9 Å². The third-order valence-corrected chi connectivity index (χ3v) is 8.81. The molecule has 46 heavy (non-hydrogen) atoms. The number of nitrogens with two attached hydrogens (primary N) is 1. The Hall–Kier alpha value is -3.74. The SMILES string of the molecule is C=CC(=O)NC1CCCC(N2CCN(CC)CC2)=CC1=NC(C=C(N=CN)N(C)C(=O)Nc1c(Cl)c(OC)cc(OC)c1Cl)CC. The number of carbonyl (C=O) groups is 2. The summed E-state index contributed by atoms with van der Waals surface area (Å²) in [6.45, 7) is 12.7. The van der Waals surface area contributed by atoms with E-state index in [9.17, 15) is 9.59 Å². The lowest BCUT2D eigenvalue weighted by Crippen LogP contribution is -2.45. The molecule has 14 heteroatoms. The monoisotopic (exact) mass is 676 g/mol. The molecule has 0 spiro atoms. The van der Waals surface area contributed by atoms with Crippen LogP contribution in [0.3, 0.4) is 0 Å². The van der Waals surface area contributed by atoms with Crippen molar-refractivity contribution in [3.8, 4) is 11.5 Å². The van der Waals surface area contributed by atoms with Crippen LogP contribution < -0.4 is 25.8 Å². The van der Waals surface area contributed by atoms with Crippen LogP contribution in [0.4, 0.5) is 10.5 Å². The minimum absolute atomic E-state index is 0.111. The number of piperazine rings is 1. The second kappa shape index (κ2) is 17.8. The number of halogens is 2. The second-order valence-electron chi connectivity index (χ2n) is 10.8. The molecule has 1 aliphatic carbocycles. The average molecular weight is 678 g/mol. The summed E-state index contributed by atoms with van der Waals surface area (Å²) >= 11 is 13.0. The standard InChI is InChI=1S/C32H46Cl2N8O4/c1-7-21(17-27(36-20-35)40(4)32(44)39-31-29(33)25(45-5)19-26(46-6)30(31)34)37-24-18-22(42-15-13-41(9-3)14-16-42)11-10-12-23(24)38-28(43)8-2/h8,17-21,23H,2,7,9-16H2,1,3-6H3,(H2,35,36)(H,38,43)(H,39,44). The first-order valence-electron chi connectivity index (χ1n) is 15.4. The number of hydrogen-bond donors (Lipinski definition) is 3. The molecule has 1 saturated heterocycles. The zero-order valence-corrected chi connectivity index (χ0v) is 28.8. The molecule has 2 atom stereocenters. The number of methoxy groups -OCH3 is 2. The number of amides is 3. The number of aliphatic imine (C=N–C) groups is 2. The summed E-state index contributed by atoms with van der Waals surface area (Å²) in [6, 6.07) is 0.251. The van der Waals surface area contributed by atoms with E-state index in [2.05, 4.69) is 45.0 Å². The van der Waals surface area contributed by atoms with Gasteiger partial charge in [0.15, 0.2) is 0 Å². The van der Waals surface area contributed by atoms with Crippen molar-refractivity contribution in [2.45, 2.75) is 51.6 Å². The van der Waals surface area contributed by atoms with Crippen LogP contribution in [0, 0.1) is 0 Å². The van der Waals surface area contributed by atoms with Crippen LogP contribution in [0.5, 0.6) is 11.5 Å². The smallest absolute Gasteiger partial charge is 0.327 e. The first-order chi connectivity index (χ1) is 22.1. The summed E-state index contributed by atoms with van der Waals surface area (Å²) in [6.07, 6.45) is 9.37. The molecular formula is C32H46Cl2N8O4. The minimum atomic E-state index is -0.586. The highest BCUT2D eigenvalue weighted by atomic mass is 35.5. The summed E-state index contributed by atoms with van der Waals surface area (Å²) in [5.41, 5.74) is 7.79. The third kappa shape index (κ3) is 9.40. The van der Waals surface area contributed by atoms with Gasteiger partial charge in [0.05, 0.1) is 44.0 Å². The first kappa shape index (κ1) is 36.7. The number of likely N-dealkylation sites (N-methyl/N-ethyl adjacent to an activating group) is 1. The van der Waals surface area contributed by atoms with Crippen LogP contribution in [0.1, 0.15) is 39.5 Å². The number of urea groups is 1. The topological polar surface area (TPSA) is 137 Å². The number of allylic oxidation sites excluding steroid dienone is 1. The molecule has 1 aromatic rings. The highest BCUT2D eigenvalue weighted by Gasteiger charge is 2.26. The van der Waals surface area contributed by atoms with Crippen molar-refractivity contribution in [2.24, 2.45) is 15.7 Å². The van der Waals surface area contributed by atoms with Crippen LogP contribution in [-0.4, -0.2) is 105 Å². The van der Waals surface area contributed by atoms with Crippen LogP contribution in [-0.2, 0) is 4.79 Å². The zero-order chi connectivity index (χ0) is 33.8. The molecule has 1 fully saturated rings. The largest absolute Gasteiger partial charge is 0.495 e. The summed E-state index contributed by atoms with van der Waals surface area (Å²) in [5, 5.41) is 6.01. The predicted octanol–water partition coefficient (Wildman–Crippen LogP) is 4.90. The third-order valence-electron chi connectivity index (χ3n) is 8.06. The van der Waals surface area contributed by atoms with Crippen LogP contribution in [0.2, 0.25) is 10.0 Å². The van der Waals surface area contributed by atoms with Crippen molar-refractivity contribution in [1.29, 1.82) is 0 Å². The fraction of sp³-hybridized carbons (Fsp3) is 0.500. The molecule has 4 N–H and O–H groups in total. The van der Waals surface area contributed by atoms with E-state index in [1.54, 1.807) is 13.1 Å². The van der Waals surface area contributed by atoms with Gasteiger partial charge < -0.3 is 35.6 Å². The Kier molecular flexibility index (Phi) is 14.2. The van der Waals surface area contributed by atoms with E-state index >= 15 is 0 Å². The van der Waals surface area contributed by atoms with Gasteiger partial charge in [-0.25, -0.2) is 9.79 Å². The number of nitrogens with one attached hydrogen (secondary N) is 2. The molecular weight excluding hydrogens is 631 g/mol. The Balaban J connectivity index is 1.97. The summed E-state index contributed by atoms with van der Waals surface area (Å²) in [7, 11) is 4.43. The summed E-state index contributed by atoms with van der Waals surface area (Å²) in [5.74, 6) is 0.545. The van der Waals surface area contributed by atoms with Crippen molar-refractivity contribution in [2.75, 3.05) is 59.3 Å². The van der Waals surface area contributed by atoms with Gasteiger partial charge in [-0.1, -0.05) is 43.6 Å². The quantitative estimate of drug-likeness (QED) is 0.163. The van der Waals surface area contributed by atoms with E-state index in [-0.39, 0.29) is 45.0 Å². The lowest BCUT2D eigenvalue weighted by molar-refractivity contribution is -0.116. The maximum Gasteiger partial charge on any atom is 0.327 e. The molecule has 0 aromatic heterocycles. The maximum absolute atomic E-state index is 13.5. The highest BCUT2D eigenvalue weighted by Crippen LogP contribution is 2.44. The van der Waals surface area contributed by atoms with Crippen LogP contribution in [0.25, 0.3) is 0 Å². The minimum Gasteiger partial charge on any atom is -0.495 e. The molecule has 2 unspecified atom stereocenters. The molecule has 0 saturated carbocycles. The van der Waals surface area contributed by atoms with Gasteiger partial charge in [0, 0.05) is 45.0 Å². The Morgan fingerprint density at radius 3 is 2.37 bits per heavy atom. The Labute approximate surface area is 282 Å². The molecule has 252 valence electrons. The van der Waals surface area contributed by atoms with Gasteiger partial charge in [-0.15, -0.1) is 0 Å². The van der Waals surface area contributed by atoms with Gasteiger partial charge in [-0.2, -0.15) is 0 Å². The number of nitrogens with zero attached hydrogens (tertiary/aromatic N) is 5. The number of hydrogen-bond acceptors (Lipinski definition) is 8. The van der Waals surface area contributed by atoms with Crippen LogP contribution >= 0.6 is 23.2 Å². The normalized spacial score (nSPS) is 19.3. The molecule has 12 nitrogen and oxygen atoms in total. The molecule has 1 aliphatic heterocycles. The molecule has 1 aromatic carbocycles. The van der Waals surface area contributed by atoms with Crippen molar-refractivity contribution in [1.82, 2.24) is 20.0 Å². The van der Waals surface area contributed by atoms with E-state index in [1.807, 2.05) is 6.92 Å². The number of ether oxygens (including phenoxy) is 2.